The van der Waals surface area contributed by atoms with Gasteiger partial charge in [0.1, 0.15) is 0 Å². The molecule has 0 heterocycles. The molecule has 0 saturated carbocycles. The van der Waals surface area contributed by atoms with Crippen molar-refractivity contribution in [1.82, 2.24) is 4.90 Å². The Bertz CT molecular complexity index is 703. The molecule has 5 nitrogen and oxygen atoms in total. The number of benzene rings is 2. The summed E-state index contributed by atoms with van der Waals surface area (Å²) in [6.45, 7) is 5.63. The molecule has 0 atom stereocenters. The first kappa shape index (κ1) is 18.5. The summed E-state index contributed by atoms with van der Waals surface area (Å²) >= 11 is 0. The molecule has 0 aromatic heterocycles. The predicted molar refractivity (Wildman–Crippen MR) is 102 cm³/mol. The van der Waals surface area contributed by atoms with E-state index in [0.717, 1.165) is 25.9 Å². The third-order valence-corrected chi connectivity index (χ3v) is 3.84. The summed E-state index contributed by atoms with van der Waals surface area (Å²) in [5.74, 6) is -0.183. The van der Waals surface area contributed by atoms with Gasteiger partial charge in [0.15, 0.2) is 0 Å². The van der Waals surface area contributed by atoms with Crippen LogP contribution in [-0.4, -0.2) is 29.8 Å². The lowest BCUT2D eigenvalue weighted by Gasteiger charge is -2.21. The Hall–Kier alpha value is -2.82. The SMILES string of the molecule is CCCN(CCC)C(=O)c1ccc(NC(=O)c2ccc(N)cc2)cc1. The minimum absolute atomic E-state index is 0.0279. The highest BCUT2D eigenvalue weighted by atomic mass is 16.2. The van der Waals surface area contributed by atoms with Crippen molar-refractivity contribution < 1.29 is 9.59 Å². The topological polar surface area (TPSA) is 75.4 Å². The zero-order valence-electron chi connectivity index (χ0n) is 14.8. The Kier molecular flexibility index (Phi) is 6.57. The molecule has 25 heavy (non-hydrogen) atoms. The van der Waals surface area contributed by atoms with E-state index in [2.05, 4.69) is 19.2 Å². The van der Waals surface area contributed by atoms with Gasteiger partial charge in [-0.25, -0.2) is 0 Å². The predicted octanol–water partition coefficient (Wildman–Crippen LogP) is 3.78. The summed E-state index contributed by atoms with van der Waals surface area (Å²) in [6, 6.07) is 13.7. The summed E-state index contributed by atoms with van der Waals surface area (Å²) in [5, 5.41) is 2.82. The van der Waals surface area contributed by atoms with E-state index < -0.39 is 0 Å². The zero-order valence-corrected chi connectivity index (χ0v) is 14.8. The van der Waals surface area contributed by atoms with Crippen molar-refractivity contribution in [2.75, 3.05) is 24.1 Å². The van der Waals surface area contributed by atoms with Gasteiger partial charge < -0.3 is 16.0 Å². The second-order valence-electron chi connectivity index (χ2n) is 5.95. The van der Waals surface area contributed by atoms with E-state index >= 15 is 0 Å². The number of anilines is 2. The number of rotatable bonds is 7. The molecule has 0 bridgehead atoms. The number of carbonyl (C=O) groups is 2. The van der Waals surface area contributed by atoms with Crippen LogP contribution < -0.4 is 11.1 Å². The maximum Gasteiger partial charge on any atom is 0.255 e. The molecule has 3 N–H and O–H groups in total. The number of hydrogen-bond donors (Lipinski definition) is 2. The lowest BCUT2D eigenvalue weighted by molar-refractivity contribution is 0.0755. The van der Waals surface area contributed by atoms with Crippen LogP contribution in [-0.2, 0) is 0 Å². The third-order valence-electron chi connectivity index (χ3n) is 3.84. The fraction of sp³-hybridized carbons (Fsp3) is 0.300. The van der Waals surface area contributed by atoms with Crippen LogP contribution >= 0.6 is 0 Å². The second-order valence-corrected chi connectivity index (χ2v) is 5.95. The van der Waals surface area contributed by atoms with E-state index in [1.165, 1.54) is 0 Å². The van der Waals surface area contributed by atoms with Crippen LogP contribution in [0.1, 0.15) is 47.4 Å². The lowest BCUT2D eigenvalue weighted by Crippen LogP contribution is -2.32. The molecule has 2 rings (SSSR count). The Morgan fingerprint density at radius 1 is 0.880 bits per heavy atom. The Morgan fingerprint density at radius 2 is 1.40 bits per heavy atom. The van der Waals surface area contributed by atoms with Crippen molar-refractivity contribution >= 4 is 23.2 Å². The second kappa shape index (κ2) is 8.87. The molecule has 0 spiro atoms. The Labute approximate surface area is 148 Å². The van der Waals surface area contributed by atoms with Crippen molar-refractivity contribution in [2.24, 2.45) is 0 Å². The fourth-order valence-electron chi connectivity index (χ4n) is 2.57. The Morgan fingerprint density at radius 3 is 1.92 bits per heavy atom. The van der Waals surface area contributed by atoms with E-state index in [-0.39, 0.29) is 11.8 Å². The number of nitrogens with zero attached hydrogens (tertiary/aromatic N) is 1. The number of hydrogen-bond acceptors (Lipinski definition) is 3. The summed E-state index contributed by atoms with van der Waals surface area (Å²) < 4.78 is 0. The van der Waals surface area contributed by atoms with Crippen molar-refractivity contribution in [3.05, 3.63) is 59.7 Å². The maximum absolute atomic E-state index is 12.5. The van der Waals surface area contributed by atoms with Crippen LogP contribution in [0.2, 0.25) is 0 Å². The highest BCUT2D eigenvalue weighted by molar-refractivity contribution is 6.04. The molecule has 2 amide bonds. The van der Waals surface area contributed by atoms with Gasteiger partial charge in [-0.05, 0) is 61.4 Å². The summed E-state index contributed by atoms with van der Waals surface area (Å²) in [6.07, 6.45) is 1.86. The normalized spacial score (nSPS) is 10.3. The van der Waals surface area contributed by atoms with Crippen molar-refractivity contribution in [3.63, 3.8) is 0 Å². The van der Waals surface area contributed by atoms with Crippen LogP contribution in [0.3, 0.4) is 0 Å². The molecule has 2 aromatic carbocycles. The number of carbonyl (C=O) groups excluding carboxylic acids is 2. The van der Waals surface area contributed by atoms with Gasteiger partial charge in [-0.2, -0.15) is 0 Å². The minimum Gasteiger partial charge on any atom is -0.399 e. The van der Waals surface area contributed by atoms with Gasteiger partial charge in [-0.15, -0.1) is 0 Å². The van der Waals surface area contributed by atoms with Crippen molar-refractivity contribution in [3.8, 4) is 0 Å². The van der Waals surface area contributed by atoms with E-state index in [0.29, 0.717) is 22.5 Å². The number of nitrogens with one attached hydrogen (secondary N) is 1. The average molecular weight is 339 g/mol. The first-order valence-corrected chi connectivity index (χ1v) is 8.61. The van der Waals surface area contributed by atoms with Crippen LogP contribution in [0.15, 0.2) is 48.5 Å². The molecule has 5 heteroatoms. The molecule has 0 saturated heterocycles. The molecule has 0 unspecified atom stereocenters. The van der Waals surface area contributed by atoms with Gasteiger partial charge in [0.25, 0.3) is 11.8 Å². The van der Waals surface area contributed by atoms with Crippen LogP contribution in [0.5, 0.6) is 0 Å². The Balaban J connectivity index is 2.04. The van der Waals surface area contributed by atoms with E-state index in [1.807, 2.05) is 4.90 Å². The van der Waals surface area contributed by atoms with Crippen molar-refractivity contribution in [2.45, 2.75) is 26.7 Å². The molecule has 0 aliphatic rings. The first-order valence-electron chi connectivity index (χ1n) is 8.61. The quantitative estimate of drug-likeness (QED) is 0.754. The maximum atomic E-state index is 12.5. The van der Waals surface area contributed by atoms with Crippen molar-refractivity contribution in [1.29, 1.82) is 0 Å². The first-order chi connectivity index (χ1) is 12.0. The fourth-order valence-corrected chi connectivity index (χ4v) is 2.57. The third kappa shape index (κ3) is 5.08. The summed E-state index contributed by atoms with van der Waals surface area (Å²) in [7, 11) is 0. The minimum atomic E-state index is -0.210. The largest absolute Gasteiger partial charge is 0.399 e. The molecule has 0 radical (unpaired) electrons. The summed E-state index contributed by atoms with van der Waals surface area (Å²) in [5.41, 5.74) is 8.05. The molecule has 0 aliphatic carbocycles. The highest BCUT2D eigenvalue weighted by Crippen LogP contribution is 2.14. The van der Waals surface area contributed by atoms with Gasteiger partial charge in [0.2, 0.25) is 0 Å². The highest BCUT2D eigenvalue weighted by Gasteiger charge is 2.14. The molecular formula is C20H25N3O2. The lowest BCUT2D eigenvalue weighted by atomic mass is 10.1. The molecule has 0 fully saturated rings. The van der Waals surface area contributed by atoms with Crippen LogP contribution in [0.4, 0.5) is 11.4 Å². The van der Waals surface area contributed by atoms with Crippen LogP contribution in [0.25, 0.3) is 0 Å². The number of nitrogen functional groups attached to an aromatic ring is 1. The van der Waals surface area contributed by atoms with E-state index in [4.69, 9.17) is 5.73 Å². The smallest absolute Gasteiger partial charge is 0.255 e. The van der Waals surface area contributed by atoms with E-state index in [9.17, 15) is 9.59 Å². The molecule has 0 aliphatic heterocycles. The molecule has 132 valence electrons. The monoisotopic (exact) mass is 339 g/mol. The zero-order chi connectivity index (χ0) is 18.2. The average Bonchev–Trinajstić information content (AvgIpc) is 2.62. The van der Waals surface area contributed by atoms with Gasteiger partial charge >= 0.3 is 0 Å². The molecule has 2 aromatic rings. The van der Waals surface area contributed by atoms with Gasteiger partial charge in [-0.3, -0.25) is 9.59 Å². The van der Waals surface area contributed by atoms with E-state index in [1.54, 1.807) is 48.5 Å². The van der Waals surface area contributed by atoms with Gasteiger partial charge in [0.05, 0.1) is 0 Å². The number of nitrogens with two attached hydrogens (primary N) is 1. The van der Waals surface area contributed by atoms with Crippen LogP contribution in [0, 0.1) is 0 Å². The number of amides is 2. The molecular weight excluding hydrogens is 314 g/mol. The summed E-state index contributed by atoms with van der Waals surface area (Å²) in [4.78, 5) is 26.6. The standard InChI is InChI=1S/C20H25N3O2/c1-3-13-23(14-4-2)20(25)16-7-11-18(12-8-16)22-19(24)15-5-9-17(21)10-6-15/h5-12H,3-4,13-14,21H2,1-2H3,(H,22,24). The van der Waals surface area contributed by atoms with Gasteiger partial charge in [-0.1, -0.05) is 13.8 Å². The van der Waals surface area contributed by atoms with Gasteiger partial charge in [0, 0.05) is 35.6 Å².